The summed E-state index contributed by atoms with van der Waals surface area (Å²) in [5, 5.41) is 11.7. The Bertz CT molecular complexity index is 364. The van der Waals surface area contributed by atoms with Crippen LogP contribution in [0.25, 0.3) is 0 Å². The standard InChI is InChI=1S/C11H18N4O/c12-10(14-16)11-13-7-8-15(11)9-5-3-1-2-4-6-9/h7-9,16H,1-6H2,(H2,12,14). The zero-order valence-corrected chi connectivity index (χ0v) is 9.34. The molecule has 1 saturated carbocycles. The zero-order chi connectivity index (χ0) is 11.4. The topological polar surface area (TPSA) is 76.4 Å². The van der Waals surface area contributed by atoms with Gasteiger partial charge in [0.25, 0.3) is 0 Å². The second-order valence-corrected chi connectivity index (χ2v) is 4.29. The monoisotopic (exact) mass is 222 g/mol. The Hall–Kier alpha value is -1.52. The minimum Gasteiger partial charge on any atom is -0.409 e. The number of hydrogen-bond donors (Lipinski definition) is 2. The first-order chi connectivity index (χ1) is 7.83. The minimum atomic E-state index is 0.0919. The highest BCUT2D eigenvalue weighted by molar-refractivity contribution is 5.93. The van der Waals surface area contributed by atoms with E-state index in [1.165, 1.54) is 25.7 Å². The van der Waals surface area contributed by atoms with Crippen molar-refractivity contribution in [1.29, 1.82) is 0 Å². The van der Waals surface area contributed by atoms with Crippen LogP contribution >= 0.6 is 0 Å². The smallest absolute Gasteiger partial charge is 0.206 e. The van der Waals surface area contributed by atoms with Crippen molar-refractivity contribution < 1.29 is 5.21 Å². The maximum Gasteiger partial charge on any atom is 0.206 e. The van der Waals surface area contributed by atoms with Crippen molar-refractivity contribution in [3.05, 3.63) is 18.2 Å². The van der Waals surface area contributed by atoms with Gasteiger partial charge in [0.15, 0.2) is 5.82 Å². The van der Waals surface area contributed by atoms with E-state index in [0.29, 0.717) is 11.9 Å². The first-order valence-electron chi connectivity index (χ1n) is 5.83. The van der Waals surface area contributed by atoms with Crippen LogP contribution in [0.3, 0.4) is 0 Å². The van der Waals surface area contributed by atoms with E-state index in [1.807, 2.05) is 10.8 Å². The Morgan fingerprint density at radius 1 is 1.38 bits per heavy atom. The number of nitrogens with two attached hydrogens (primary N) is 1. The second kappa shape index (κ2) is 5.01. The molecule has 0 saturated heterocycles. The Labute approximate surface area is 95.0 Å². The normalized spacial score (nSPS) is 19.6. The Balaban J connectivity index is 2.21. The molecule has 1 aliphatic carbocycles. The van der Waals surface area contributed by atoms with E-state index >= 15 is 0 Å². The molecule has 1 aromatic heterocycles. The van der Waals surface area contributed by atoms with Crippen molar-refractivity contribution in [1.82, 2.24) is 9.55 Å². The Kier molecular flexibility index (Phi) is 3.44. The van der Waals surface area contributed by atoms with Crippen molar-refractivity contribution in [3.8, 4) is 0 Å². The summed E-state index contributed by atoms with van der Waals surface area (Å²) in [5.41, 5.74) is 5.60. The van der Waals surface area contributed by atoms with Crippen molar-refractivity contribution in [3.63, 3.8) is 0 Å². The molecule has 0 radical (unpaired) electrons. The van der Waals surface area contributed by atoms with E-state index in [0.717, 1.165) is 12.8 Å². The number of amidine groups is 1. The SMILES string of the molecule is N/C(=N/O)c1nccn1C1CCCCCC1. The summed E-state index contributed by atoms with van der Waals surface area (Å²) >= 11 is 0. The van der Waals surface area contributed by atoms with Gasteiger partial charge in [-0.05, 0) is 12.8 Å². The van der Waals surface area contributed by atoms with Gasteiger partial charge in [0.05, 0.1) is 0 Å². The van der Waals surface area contributed by atoms with E-state index in [2.05, 4.69) is 10.1 Å². The van der Waals surface area contributed by atoms with Crippen LogP contribution in [0.2, 0.25) is 0 Å². The fourth-order valence-corrected chi connectivity index (χ4v) is 2.39. The fourth-order valence-electron chi connectivity index (χ4n) is 2.39. The molecule has 0 atom stereocenters. The molecule has 0 bridgehead atoms. The average Bonchev–Trinajstić information content (AvgIpc) is 2.64. The van der Waals surface area contributed by atoms with Gasteiger partial charge in [-0.25, -0.2) is 4.98 Å². The van der Waals surface area contributed by atoms with Gasteiger partial charge in [-0.15, -0.1) is 0 Å². The minimum absolute atomic E-state index is 0.0919. The molecule has 0 unspecified atom stereocenters. The first kappa shape index (κ1) is 11.0. The van der Waals surface area contributed by atoms with Crippen LogP contribution in [0.5, 0.6) is 0 Å². The van der Waals surface area contributed by atoms with Gasteiger partial charge >= 0.3 is 0 Å². The van der Waals surface area contributed by atoms with Crippen LogP contribution in [0, 0.1) is 0 Å². The summed E-state index contributed by atoms with van der Waals surface area (Å²) in [7, 11) is 0. The number of oxime groups is 1. The Morgan fingerprint density at radius 3 is 2.69 bits per heavy atom. The molecule has 5 nitrogen and oxygen atoms in total. The number of hydrogen-bond acceptors (Lipinski definition) is 3. The maximum atomic E-state index is 8.69. The van der Waals surface area contributed by atoms with Gasteiger partial charge in [-0.1, -0.05) is 30.8 Å². The van der Waals surface area contributed by atoms with Crippen LogP contribution in [0.15, 0.2) is 17.5 Å². The molecule has 2 rings (SSSR count). The lowest BCUT2D eigenvalue weighted by atomic mass is 10.1. The van der Waals surface area contributed by atoms with Crippen LogP contribution in [0.1, 0.15) is 50.4 Å². The molecule has 0 aromatic carbocycles. The molecule has 0 amide bonds. The quantitative estimate of drug-likeness (QED) is 0.264. The van der Waals surface area contributed by atoms with Crippen molar-refractivity contribution in [2.24, 2.45) is 10.9 Å². The molecule has 1 fully saturated rings. The van der Waals surface area contributed by atoms with E-state index in [-0.39, 0.29) is 5.84 Å². The summed E-state index contributed by atoms with van der Waals surface area (Å²) in [5.74, 6) is 0.670. The van der Waals surface area contributed by atoms with Gasteiger partial charge in [-0.2, -0.15) is 0 Å². The molecular weight excluding hydrogens is 204 g/mol. The summed E-state index contributed by atoms with van der Waals surface area (Å²) < 4.78 is 2.04. The predicted octanol–water partition coefficient (Wildman–Crippen LogP) is 1.87. The van der Waals surface area contributed by atoms with E-state index in [4.69, 9.17) is 10.9 Å². The third-order valence-electron chi connectivity index (χ3n) is 3.22. The van der Waals surface area contributed by atoms with Crippen LogP contribution in [-0.4, -0.2) is 20.6 Å². The summed E-state index contributed by atoms with van der Waals surface area (Å²) in [6.45, 7) is 0. The molecule has 88 valence electrons. The van der Waals surface area contributed by atoms with Crippen molar-refractivity contribution >= 4 is 5.84 Å². The molecule has 1 aromatic rings. The number of nitrogens with zero attached hydrogens (tertiary/aromatic N) is 3. The van der Waals surface area contributed by atoms with Crippen molar-refractivity contribution in [2.45, 2.75) is 44.6 Å². The molecule has 1 heterocycles. The third kappa shape index (κ3) is 2.18. The van der Waals surface area contributed by atoms with Crippen molar-refractivity contribution in [2.75, 3.05) is 0 Å². The highest BCUT2D eigenvalue weighted by Crippen LogP contribution is 2.27. The van der Waals surface area contributed by atoms with Crippen LogP contribution in [-0.2, 0) is 0 Å². The van der Waals surface area contributed by atoms with Gasteiger partial charge in [0, 0.05) is 18.4 Å². The van der Waals surface area contributed by atoms with E-state index < -0.39 is 0 Å². The fraction of sp³-hybridized carbons (Fsp3) is 0.636. The number of rotatable bonds is 2. The molecule has 16 heavy (non-hydrogen) atoms. The maximum absolute atomic E-state index is 8.69. The molecular formula is C11H18N4O. The molecule has 5 heteroatoms. The van der Waals surface area contributed by atoms with Gasteiger partial charge in [0.2, 0.25) is 5.84 Å². The molecule has 3 N–H and O–H groups in total. The highest BCUT2D eigenvalue weighted by atomic mass is 16.4. The van der Waals surface area contributed by atoms with Crippen LogP contribution < -0.4 is 5.73 Å². The summed E-state index contributed by atoms with van der Waals surface area (Å²) in [4.78, 5) is 4.14. The van der Waals surface area contributed by atoms with Gasteiger partial charge in [0.1, 0.15) is 0 Å². The number of aromatic nitrogens is 2. The average molecular weight is 222 g/mol. The summed E-state index contributed by atoms with van der Waals surface area (Å²) in [6.07, 6.45) is 11.1. The molecule has 0 spiro atoms. The predicted molar refractivity (Wildman–Crippen MR) is 61.5 cm³/mol. The second-order valence-electron chi connectivity index (χ2n) is 4.29. The lowest BCUT2D eigenvalue weighted by Crippen LogP contribution is -2.22. The lowest BCUT2D eigenvalue weighted by molar-refractivity contribution is 0.317. The zero-order valence-electron chi connectivity index (χ0n) is 9.34. The van der Waals surface area contributed by atoms with E-state index in [9.17, 15) is 0 Å². The largest absolute Gasteiger partial charge is 0.409 e. The number of imidazole rings is 1. The van der Waals surface area contributed by atoms with E-state index in [1.54, 1.807) is 6.20 Å². The van der Waals surface area contributed by atoms with Gasteiger partial charge in [-0.3, -0.25) is 0 Å². The first-order valence-corrected chi connectivity index (χ1v) is 5.83. The Morgan fingerprint density at radius 2 is 2.06 bits per heavy atom. The molecule has 1 aliphatic rings. The van der Waals surface area contributed by atoms with Crippen LogP contribution in [0.4, 0.5) is 0 Å². The van der Waals surface area contributed by atoms with Gasteiger partial charge < -0.3 is 15.5 Å². The highest BCUT2D eigenvalue weighted by Gasteiger charge is 2.18. The molecule has 0 aliphatic heterocycles. The lowest BCUT2D eigenvalue weighted by Gasteiger charge is -2.18. The third-order valence-corrected chi connectivity index (χ3v) is 3.22. The summed E-state index contributed by atoms with van der Waals surface area (Å²) in [6, 6.07) is 0.445.